The van der Waals surface area contributed by atoms with Gasteiger partial charge >= 0.3 is 0 Å². The molecule has 2 aromatic carbocycles. The van der Waals surface area contributed by atoms with Gasteiger partial charge in [0, 0.05) is 0 Å². The Morgan fingerprint density at radius 1 is 1.00 bits per heavy atom. The Kier molecular flexibility index (Phi) is 6.45. The standard InChI is InChI=1S/C24H32N2O5S2/c1-15(2)19-9-8-10-20(16(3)4)22(19)25-33(30,31)21-12-11-18(13-17(21)5)26-23(27)24(6,7)14-32(26,28)29/h8-13,15-16,25H,14H2,1-7H3. The molecule has 1 aliphatic rings. The molecule has 1 fully saturated rings. The van der Waals surface area contributed by atoms with Crippen molar-refractivity contribution in [1.82, 2.24) is 0 Å². The smallest absolute Gasteiger partial charge is 0.262 e. The predicted molar refractivity (Wildman–Crippen MR) is 132 cm³/mol. The first-order valence-corrected chi connectivity index (χ1v) is 14.0. The predicted octanol–water partition coefficient (Wildman–Crippen LogP) is 4.75. The quantitative estimate of drug-likeness (QED) is 0.627. The van der Waals surface area contributed by atoms with Crippen molar-refractivity contribution in [3.8, 4) is 0 Å². The number of benzene rings is 2. The summed E-state index contributed by atoms with van der Waals surface area (Å²) in [5.74, 6) is -0.592. The van der Waals surface area contributed by atoms with Crippen LogP contribution in [0.2, 0.25) is 0 Å². The fourth-order valence-electron chi connectivity index (χ4n) is 4.18. The Hall–Kier alpha value is -2.39. The zero-order valence-electron chi connectivity index (χ0n) is 20.1. The normalized spacial score (nSPS) is 17.7. The Labute approximate surface area is 197 Å². The maximum absolute atomic E-state index is 13.4. The van der Waals surface area contributed by atoms with Gasteiger partial charge in [0.1, 0.15) is 0 Å². The molecule has 2 aromatic rings. The van der Waals surface area contributed by atoms with Gasteiger partial charge in [-0.3, -0.25) is 9.52 Å². The first kappa shape index (κ1) is 25.2. The van der Waals surface area contributed by atoms with E-state index < -0.39 is 31.4 Å². The third-order valence-electron chi connectivity index (χ3n) is 5.88. The highest BCUT2D eigenvalue weighted by molar-refractivity contribution is 7.94. The van der Waals surface area contributed by atoms with Crippen LogP contribution in [0.5, 0.6) is 0 Å². The number of anilines is 2. The molecule has 33 heavy (non-hydrogen) atoms. The molecule has 3 rings (SSSR count). The molecule has 0 aliphatic carbocycles. The largest absolute Gasteiger partial charge is 0.279 e. The Morgan fingerprint density at radius 2 is 1.55 bits per heavy atom. The molecule has 9 heteroatoms. The lowest BCUT2D eigenvalue weighted by Gasteiger charge is -2.22. The van der Waals surface area contributed by atoms with Crippen molar-refractivity contribution < 1.29 is 21.6 Å². The van der Waals surface area contributed by atoms with E-state index in [1.54, 1.807) is 20.8 Å². The molecule has 0 unspecified atom stereocenters. The van der Waals surface area contributed by atoms with Gasteiger partial charge in [-0.15, -0.1) is 0 Å². The van der Waals surface area contributed by atoms with Crippen LogP contribution in [0.3, 0.4) is 0 Å². The number of hydrogen-bond donors (Lipinski definition) is 1. The van der Waals surface area contributed by atoms with E-state index in [1.165, 1.54) is 18.2 Å². The molecule has 1 heterocycles. The number of hydrogen-bond acceptors (Lipinski definition) is 5. The number of carbonyl (C=O) groups is 1. The second-order valence-electron chi connectivity index (χ2n) is 9.89. The lowest BCUT2D eigenvalue weighted by atomic mass is 9.93. The first-order valence-electron chi connectivity index (χ1n) is 10.9. The zero-order chi connectivity index (χ0) is 24.9. The first-order chi connectivity index (χ1) is 15.1. The second kappa shape index (κ2) is 8.43. The Bertz CT molecular complexity index is 1280. The van der Waals surface area contributed by atoms with E-state index in [0.29, 0.717) is 11.3 Å². The van der Waals surface area contributed by atoms with E-state index in [2.05, 4.69) is 4.72 Å². The summed E-state index contributed by atoms with van der Waals surface area (Å²) in [6.45, 7) is 12.8. The monoisotopic (exact) mass is 492 g/mol. The molecule has 0 atom stereocenters. The fourth-order valence-corrected chi connectivity index (χ4v) is 7.62. The number of nitrogens with zero attached hydrogens (tertiary/aromatic N) is 1. The third kappa shape index (κ3) is 4.66. The molecular formula is C24H32N2O5S2. The van der Waals surface area contributed by atoms with Crippen molar-refractivity contribution in [3.63, 3.8) is 0 Å². The van der Waals surface area contributed by atoms with Crippen LogP contribution >= 0.6 is 0 Å². The number of amides is 1. The summed E-state index contributed by atoms with van der Waals surface area (Å²) in [5.41, 5.74) is 1.83. The molecule has 0 bridgehead atoms. The summed E-state index contributed by atoms with van der Waals surface area (Å²) in [5, 5.41) is 0. The molecule has 1 aliphatic heterocycles. The van der Waals surface area contributed by atoms with Crippen LogP contribution in [0.15, 0.2) is 41.3 Å². The van der Waals surface area contributed by atoms with Gasteiger partial charge in [-0.2, -0.15) is 0 Å². The van der Waals surface area contributed by atoms with Crippen LogP contribution in [0.1, 0.15) is 70.1 Å². The van der Waals surface area contributed by atoms with Crippen LogP contribution in [0, 0.1) is 12.3 Å². The molecule has 0 aromatic heterocycles. The van der Waals surface area contributed by atoms with Gasteiger partial charge in [0.25, 0.3) is 10.0 Å². The second-order valence-corrected chi connectivity index (χ2v) is 13.4. The van der Waals surface area contributed by atoms with E-state index >= 15 is 0 Å². The number of sulfonamides is 2. The maximum Gasteiger partial charge on any atom is 0.262 e. The van der Waals surface area contributed by atoms with Crippen molar-refractivity contribution in [2.45, 2.75) is 65.2 Å². The third-order valence-corrected chi connectivity index (χ3v) is 9.41. The number of nitrogens with one attached hydrogen (secondary N) is 1. The lowest BCUT2D eigenvalue weighted by Crippen LogP contribution is -2.33. The van der Waals surface area contributed by atoms with Crippen LogP contribution in [0.25, 0.3) is 0 Å². The van der Waals surface area contributed by atoms with E-state index in [0.717, 1.165) is 15.4 Å². The zero-order valence-corrected chi connectivity index (χ0v) is 21.8. The highest BCUT2D eigenvalue weighted by Gasteiger charge is 2.50. The van der Waals surface area contributed by atoms with Gasteiger partial charge < -0.3 is 0 Å². The highest BCUT2D eigenvalue weighted by Crippen LogP contribution is 2.38. The summed E-state index contributed by atoms with van der Waals surface area (Å²) in [6, 6.07) is 9.91. The van der Waals surface area contributed by atoms with E-state index in [9.17, 15) is 21.6 Å². The molecule has 180 valence electrons. The van der Waals surface area contributed by atoms with Crippen molar-refractivity contribution >= 4 is 37.3 Å². The van der Waals surface area contributed by atoms with Crippen molar-refractivity contribution in [2.75, 3.05) is 14.8 Å². The van der Waals surface area contributed by atoms with Crippen molar-refractivity contribution in [1.29, 1.82) is 0 Å². The van der Waals surface area contributed by atoms with Crippen molar-refractivity contribution in [2.24, 2.45) is 5.41 Å². The van der Waals surface area contributed by atoms with Gasteiger partial charge in [0.2, 0.25) is 15.9 Å². The minimum atomic E-state index is -3.96. The lowest BCUT2D eigenvalue weighted by molar-refractivity contribution is -0.123. The topological polar surface area (TPSA) is 101 Å². The summed E-state index contributed by atoms with van der Waals surface area (Å²) in [4.78, 5) is 12.7. The van der Waals surface area contributed by atoms with E-state index in [4.69, 9.17) is 0 Å². The van der Waals surface area contributed by atoms with Crippen LogP contribution in [0.4, 0.5) is 11.4 Å². The minimum absolute atomic E-state index is 0.0304. The summed E-state index contributed by atoms with van der Waals surface area (Å²) >= 11 is 0. The Morgan fingerprint density at radius 3 is 1.97 bits per heavy atom. The number of aryl methyl sites for hydroxylation is 1. The van der Waals surface area contributed by atoms with Crippen molar-refractivity contribution in [3.05, 3.63) is 53.1 Å². The molecule has 0 spiro atoms. The Balaban J connectivity index is 2.05. The van der Waals surface area contributed by atoms with Crippen LogP contribution in [-0.4, -0.2) is 28.5 Å². The molecule has 1 N–H and O–H groups in total. The molecule has 7 nitrogen and oxygen atoms in total. The number of para-hydroxylation sites is 1. The summed E-state index contributed by atoms with van der Waals surface area (Å²) in [6.07, 6.45) is 0. The highest BCUT2D eigenvalue weighted by atomic mass is 32.2. The van der Waals surface area contributed by atoms with Crippen LogP contribution in [-0.2, 0) is 24.8 Å². The molecule has 1 saturated heterocycles. The van der Waals surface area contributed by atoms with Gasteiger partial charge in [0.15, 0.2) is 0 Å². The SMILES string of the molecule is Cc1cc(N2C(=O)C(C)(C)CS2(=O)=O)ccc1S(=O)(=O)Nc1c(C(C)C)cccc1C(C)C. The summed E-state index contributed by atoms with van der Waals surface area (Å²) in [7, 11) is -7.79. The summed E-state index contributed by atoms with van der Waals surface area (Å²) < 4.78 is 55.5. The van der Waals surface area contributed by atoms with Gasteiger partial charge in [0.05, 0.1) is 27.4 Å². The number of carbonyl (C=O) groups excluding carboxylic acids is 1. The molecular weight excluding hydrogens is 460 g/mol. The van der Waals surface area contributed by atoms with E-state index in [1.807, 2.05) is 45.9 Å². The minimum Gasteiger partial charge on any atom is -0.279 e. The molecule has 0 saturated carbocycles. The average Bonchev–Trinajstić information content (AvgIpc) is 2.83. The van der Waals surface area contributed by atoms with Gasteiger partial charge in [-0.25, -0.2) is 21.1 Å². The molecule has 1 amide bonds. The molecule has 0 radical (unpaired) electrons. The van der Waals surface area contributed by atoms with Crippen LogP contribution < -0.4 is 9.03 Å². The maximum atomic E-state index is 13.4. The van der Waals surface area contributed by atoms with Gasteiger partial charge in [-0.05, 0) is 67.5 Å². The fraction of sp³-hybridized carbons (Fsp3) is 0.458. The van der Waals surface area contributed by atoms with E-state index in [-0.39, 0.29) is 28.2 Å². The van der Waals surface area contributed by atoms with Gasteiger partial charge in [-0.1, -0.05) is 45.9 Å². The average molecular weight is 493 g/mol. The number of rotatable bonds is 6.